The molecule has 10 heteroatoms. The van der Waals surface area contributed by atoms with Crippen molar-refractivity contribution in [1.82, 2.24) is 14.8 Å². The molecule has 1 amide bonds. The maximum absolute atomic E-state index is 15.6. The maximum atomic E-state index is 15.6. The molecule has 0 saturated carbocycles. The number of benzene rings is 2. The van der Waals surface area contributed by atoms with Gasteiger partial charge in [-0.05, 0) is 89.7 Å². The predicted molar refractivity (Wildman–Crippen MR) is 156 cm³/mol. The van der Waals surface area contributed by atoms with Crippen LogP contribution in [0, 0.1) is 12.7 Å². The molecule has 41 heavy (non-hydrogen) atoms. The molecule has 1 aromatic heterocycles. The molecule has 1 unspecified atom stereocenters. The fourth-order valence-electron chi connectivity index (χ4n) is 5.77. The number of carbonyl (C=O) groups is 1. The van der Waals surface area contributed by atoms with Crippen LogP contribution in [0.15, 0.2) is 65.6 Å². The second kappa shape index (κ2) is 11.5. The number of anilines is 1. The Labute approximate surface area is 241 Å². The number of fused-ring (bicyclic) bond motifs is 1. The lowest BCUT2D eigenvalue weighted by molar-refractivity contribution is -0.121. The number of pyridine rings is 1. The smallest absolute Gasteiger partial charge is 0.271 e. The topological polar surface area (TPSA) is 83.1 Å². The largest absolute Gasteiger partial charge is 0.491 e. The number of hydrogen-bond acceptors (Lipinski definition) is 7. The summed E-state index contributed by atoms with van der Waals surface area (Å²) in [6.07, 6.45) is 0.704. The number of aryl methyl sites for hydroxylation is 1. The molecule has 0 spiro atoms. The van der Waals surface area contributed by atoms with Crippen LogP contribution in [0.5, 0.6) is 5.75 Å². The van der Waals surface area contributed by atoms with E-state index in [1.54, 1.807) is 49.4 Å². The van der Waals surface area contributed by atoms with Crippen LogP contribution in [0.25, 0.3) is 0 Å². The Hall–Kier alpha value is -3.34. The molecule has 0 N–H and O–H groups in total. The van der Waals surface area contributed by atoms with E-state index in [0.717, 1.165) is 30.5 Å². The van der Waals surface area contributed by atoms with Gasteiger partial charge in [-0.15, -0.1) is 0 Å². The lowest BCUT2D eigenvalue weighted by Crippen LogP contribution is -2.46. The van der Waals surface area contributed by atoms with Gasteiger partial charge in [-0.2, -0.15) is 4.31 Å². The molecule has 1 fully saturated rings. The third-order valence-electron chi connectivity index (χ3n) is 7.88. The van der Waals surface area contributed by atoms with Gasteiger partial charge in [0.1, 0.15) is 17.0 Å². The highest BCUT2D eigenvalue weighted by molar-refractivity contribution is 7.93. The van der Waals surface area contributed by atoms with E-state index in [-0.39, 0.29) is 34.4 Å². The number of nitrogens with zero attached hydrogens (tertiary/aromatic N) is 4. The third kappa shape index (κ3) is 5.48. The summed E-state index contributed by atoms with van der Waals surface area (Å²) in [5, 5.41) is 0. The van der Waals surface area contributed by atoms with E-state index in [0.29, 0.717) is 24.4 Å². The lowest BCUT2D eigenvalue weighted by atomic mass is 9.74. The predicted octanol–water partition coefficient (Wildman–Crippen LogP) is 4.37. The minimum atomic E-state index is -4.35. The first-order valence-electron chi connectivity index (χ1n) is 14.0. The van der Waals surface area contributed by atoms with Crippen molar-refractivity contribution in [2.24, 2.45) is 0 Å². The summed E-state index contributed by atoms with van der Waals surface area (Å²) in [6, 6.07) is 15.4. The normalized spacial score (nSPS) is 20.0. The SMILES string of the molecule is Cc1ccc2c(n1)C(CCCN1CCN(C)CC1)(c1ccccc1F)C(=O)N2S(=O)(=O)c1ccc(OC(C)C)cc1. The molecule has 3 aromatic rings. The minimum absolute atomic E-state index is 0.0600. The molecule has 3 heterocycles. The summed E-state index contributed by atoms with van der Waals surface area (Å²) in [5.41, 5.74) is -0.403. The first-order valence-corrected chi connectivity index (χ1v) is 15.5. The van der Waals surface area contributed by atoms with Gasteiger partial charge < -0.3 is 14.5 Å². The molecule has 5 rings (SSSR count). The van der Waals surface area contributed by atoms with E-state index in [4.69, 9.17) is 9.72 Å². The number of halogens is 1. The Morgan fingerprint density at radius 2 is 1.68 bits per heavy atom. The fourth-order valence-corrected chi connectivity index (χ4v) is 7.24. The summed E-state index contributed by atoms with van der Waals surface area (Å²) >= 11 is 0. The highest BCUT2D eigenvalue weighted by Gasteiger charge is 2.57. The van der Waals surface area contributed by atoms with Crippen LogP contribution in [0.1, 0.15) is 43.6 Å². The van der Waals surface area contributed by atoms with Crippen LogP contribution in [-0.2, 0) is 20.2 Å². The molecule has 2 aromatic carbocycles. The highest BCUT2D eigenvalue weighted by atomic mass is 32.2. The van der Waals surface area contributed by atoms with Crippen molar-refractivity contribution in [2.75, 3.05) is 44.1 Å². The lowest BCUT2D eigenvalue weighted by Gasteiger charge is -2.34. The zero-order valence-electron chi connectivity index (χ0n) is 24.0. The number of hydrogen-bond donors (Lipinski definition) is 0. The van der Waals surface area contributed by atoms with Crippen molar-refractivity contribution >= 4 is 21.6 Å². The number of piperazine rings is 1. The Kier molecular flexibility index (Phi) is 8.18. The Bertz CT molecular complexity index is 1520. The zero-order valence-corrected chi connectivity index (χ0v) is 24.8. The first-order chi connectivity index (χ1) is 19.5. The molecule has 0 radical (unpaired) electrons. The van der Waals surface area contributed by atoms with Crippen molar-refractivity contribution in [3.05, 3.63) is 83.4 Å². The number of carbonyl (C=O) groups excluding carboxylic acids is 1. The molecule has 2 aliphatic heterocycles. The summed E-state index contributed by atoms with van der Waals surface area (Å²) in [6.45, 7) is 9.97. The van der Waals surface area contributed by atoms with Crippen LogP contribution in [-0.4, -0.2) is 75.0 Å². The number of likely N-dealkylation sites (N-methyl/N-ethyl adjacent to an activating group) is 1. The summed E-state index contributed by atoms with van der Waals surface area (Å²) in [7, 11) is -2.26. The van der Waals surface area contributed by atoms with Gasteiger partial charge >= 0.3 is 0 Å². The van der Waals surface area contributed by atoms with Crippen molar-refractivity contribution < 1.29 is 22.3 Å². The van der Waals surface area contributed by atoms with Crippen molar-refractivity contribution in [1.29, 1.82) is 0 Å². The summed E-state index contributed by atoms with van der Waals surface area (Å²) in [4.78, 5) is 23.9. The van der Waals surface area contributed by atoms with E-state index in [9.17, 15) is 13.2 Å². The van der Waals surface area contributed by atoms with Crippen LogP contribution >= 0.6 is 0 Å². The van der Waals surface area contributed by atoms with Crippen LogP contribution < -0.4 is 9.04 Å². The second-order valence-corrected chi connectivity index (χ2v) is 13.0. The first kappa shape index (κ1) is 29.2. The van der Waals surface area contributed by atoms with Crippen molar-refractivity contribution in [3.63, 3.8) is 0 Å². The van der Waals surface area contributed by atoms with Crippen molar-refractivity contribution in [2.45, 2.75) is 50.0 Å². The van der Waals surface area contributed by atoms with Gasteiger partial charge in [-0.25, -0.2) is 12.8 Å². The molecule has 8 nitrogen and oxygen atoms in total. The molecule has 1 atom stereocenters. The standard InChI is InChI=1S/C31H37FN4O4S/c1-22(2)40-24-11-13-25(14-12-24)41(38,39)36-28-15-10-23(3)33-29(28)31(30(36)37,26-8-5-6-9-27(26)32)16-7-17-35-20-18-34(4)19-21-35/h5-6,8-15,22H,7,16-21H2,1-4H3. The average molecular weight is 581 g/mol. The monoisotopic (exact) mass is 580 g/mol. The highest BCUT2D eigenvalue weighted by Crippen LogP contribution is 2.50. The van der Waals surface area contributed by atoms with E-state index in [1.807, 2.05) is 13.8 Å². The van der Waals surface area contributed by atoms with Gasteiger partial charge in [-0.1, -0.05) is 18.2 Å². The summed E-state index contributed by atoms with van der Waals surface area (Å²) < 4.78 is 50.3. The van der Waals surface area contributed by atoms with E-state index in [2.05, 4.69) is 16.8 Å². The number of rotatable bonds is 9. The Morgan fingerprint density at radius 1 is 1.00 bits per heavy atom. The van der Waals surface area contributed by atoms with E-state index >= 15 is 4.39 Å². The van der Waals surface area contributed by atoms with Crippen LogP contribution in [0.2, 0.25) is 0 Å². The summed E-state index contributed by atoms with van der Waals surface area (Å²) in [5.74, 6) is -0.755. The van der Waals surface area contributed by atoms with E-state index < -0.39 is 27.2 Å². The van der Waals surface area contributed by atoms with Crippen LogP contribution in [0.3, 0.4) is 0 Å². The molecule has 2 aliphatic rings. The van der Waals surface area contributed by atoms with Crippen LogP contribution in [0.4, 0.5) is 10.1 Å². The number of ether oxygens (including phenoxy) is 1. The fraction of sp³-hybridized carbons (Fsp3) is 0.419. The van der Waals surface area contributed by atoms with Gasteiger partial charge in [0.25, 0.3) is 15.9 Å². The average Bonchev–Trinajstić information content (AvgIpc) is 3.18. The molecule has 218 valence electrons. The molecular weight excluding hydrogens is 543 g/mol. The van der Waals surface area contributed by atoms with Gasteiger partial charge in [0.2, 0.25) is 0 Å². The molecule has 1 saturated heterocycles. The van der Waals surface area contributed by atoms with Gasteiger partial charge in [0.05, 0.1) is 22.4 Å². The molecular formula is C31H37FN4O4S. The maximum Gasteiger partial charge on any atom is 0.271 e. The van der Waals surface area contributed by atoms with Gasteiger partial charge in [0.15, 0.2) is 0 Å². The Morgan fingerprint density at radius 3 is 2.34 bits per heavy atom. The van der Waals surface area contributed by atoms with E-state index in [1.165, 1.54) is 18.2 Å². The third-order valence-corrected chi connectivity index (χ3v) is 9.59. The van der Waals surface area contributed by atoms with Gasteiger partial charge in [0, 0.05) is 37.4 Å². The van der Waals surface area contributed by atoms with Crippen molar-refractivity contribution in [3.8, 4) is 5.75 Å². The quantitative estimate of drug-likeness (QED) is 0.372. The molecule has 0 aliphatic carbocycles. The second-order valence-electron chi connectivity index (χ2n) is 11.2. The Balaban J connectivity index is 1.58. The molecule has 0 bridgehead atoms. The number of amides is 1. The van der Waals surface area contributed by atoms with Gasteiger partial charge in [-0.3, -0.25) is 9.78 Å². The number of aromatic nitrogens is 1. The zero-order chi connectivity index (χ0) is 29.4. The minimum Gasteiger partial charge on any atom is -0.491 e. The number of sulfonamides is 1.